The predicted molar refractivity (Wildman–Crippen MR) is 129 cm³/mol. The number of hydrogen-bond acceptors (Lipinski definition) is 5. The SMILES string of the molecule is O=C(CCC/C=C\C[C@@H]1[C@@H](/C=C/[C@@H](O)COc2cccc(Cl)c2)[C@H](O)C[C@@H]1O)NCC1CC1. The van der Waals surface area contributed by atoms with Crippen molar-refractivity contribution in [2.75, 3.05) is 13.2 Å². The number of carbonyl (C=O) groups excluding carboxylic acids is 1. The molecule has 5 atom stereocenters. The van der Waals surface area contributed by atoms with Gasteiger partial charge in [-0.3, -0.25) is 4.79 Å². The lowest BCUT2D eigenvalue weighted by Crippen LogP contribution is -2.24. The number of aliphatic hydroxyl groups is 3. The van der Waals surface area contributed by atoms with E-state index in [1.54, 1.807) is 36.4 Å². The third kappa shape index (κ3) is 9.13. The first kappa shape index (κ1) is 25.8. The van der Waals surface area contributed by atoms with Crippen molar-refractivity contribution in [1.29, 1.82) is 0 Å². The van der Waals surface area contributed by atoms with Gasteiger partial charge in [-0.15, -0.1) is 0 Å². The fourth-order valence-corrected chi connectivity index (χ4v) is 4.36. The number of amides is 1. The van der Waals surface area contributed by atoms with E-state index in [0.29, 0.717) is 36.0 Å². The molecule has 0 aliphatic heterocycles. The first-order chi connectivity index (χ1) is 15.9. The minimum Gasteiger partial charge on any atom is -0.491 e. The molecule has 0 bridgehead atoms. The zero-order valence-electron chi connectivity index (χ0n) is 19.0. The van der Waals surface area contributed by atoms with Gasteiger partial charge in [0.05, 0.1) is 12.2 Å². The van der Waals surface area contributed by atoms with Crippen LogP contribution in [0.2, 0.25) is 5.02 Å². The monoisotopic (exact) mass is 477 g/mol. The van der Waals surface area contributed by atoms with Crippen LogP contribution in [-0.2, 0) is 4.79 Å². The Morgan fingerprint density at radius 3 is 2.82 bits per heavy atom. The summed E-state index contributed by atoms with van der Waals surface area (Å²) in [5.41, 5.74) is 0. The minimum absolute atomic E-state index is 0.0705. The van der Waals surface area contributed by atoms with Crippen molar-refractivity contribution < 1.29 is 24.9 Å². The van der Waals surface area contributed by atoms with E-state index in [2.05, 4.69) is 5.32 Å². The third-order valence-corrected chi connectivity index (χ3v) is 6.56. The van der Waals surface area contributed by atoms with Gasteiger partial charge in [0.25, 0.3) is 0 Å². The third-order valence-electron chi connectivity index (χ3n) is 6.32. The van der Waals surface area contributed by atoms with Crippen molar-refractivity contribution >= 4 is 17.5 Å². The van der Waals surface area contributed by atoms with Crippen LogP contribution in [0.25, 0.3) is 0 Å². The highest BCUT2D eigenvalue weighted by Crippen LogP contribution is 2.36. The molecule has 2 saturated carbocycles. The standard InChI is InChI=1S/C26H36ClNO5/c27-19-6-5-7-21(14-19)33-17-20(29)12-13-23-22(24(30)15-25(23)31)8-3-1-2-4-9-26(32)28-16-18-10-11-18/h1,3,5-7,12-14,18,20,22-25,29-31H,2,4,8-11,15-17H2,(H,28,32)/b3-1-,13-12+/t20-,22-,23-,24+,25-/m1/s1. The van der Waals surface area contributed by atoms with Crippen molar-refractivity contribution in [3.05, 3.63) is 53.6 Å². The zero-order chi connectivity index (χ0) is 23.6. The lowest BCUT2D eigenvalue weighted by molar-refractivity contribution is -0.121. The van der Waals surface area contributed by atoms with Crippen LogP contribution in [0.4, 0.5) is 0 Å². The molecule has 1 aromatic rings. The van der Waals surface area contributed by atoms with Crippen LogP contribution in [-0.4, -0.2) is 52.7 Å². The molecule has 0 radical (unpaired) electrons. The molecular formula is C26H36ClNO5. The number of halogens is 1. The van der Waals surface area contributed by atoms with Crippen LogP contribution < -0.4 is 10.1 Å². The molecule has 3 rings (SSSR count). The molecule has 2 aliphatic carbocycles. The number of hydrogen-bond donors (Lipinski definition) is 4. The molecule has 0 heterocycles. The van der Waals surface area contributed by atoms with Gasteiger partial charge in [0.2, 0.25) is 5.91 Å². The number of allylic oxidation sites excluding steroid dienone is 2. The van der Waals surface area contributed by atoms with Gasteiger partial charge in [-0.25, -0.2) is 0 Å². The summed E-state index contributed by atoms with van der Waals surface area (Å²) >= 11 is 5.93. The van der Waals surface area contributed by atoms with Crippen molar-refractivity contribution in [1.82, 2.24) is 5.32 Å². The molecule has 2 aliphatic rings. The Balaban J connectivity index is 1.38. The van der Waals surface area contributed by atoms with Crippen LogP contribution in [0, 0.1) is 17.8 Å². The number of ether oxygens (including phenoxy) is 1. The maximum atomic E-state index is 11.8. The smallest absolute Gasteiger partial charge is 0.220 e. The number of rotatable bonds is 13. The molecule has 0 aromatic heterocycles. The second-order valence-corrected chi connectivity index (χ2v) is 9.62. The Hall–Kier alpha value is -1.86. The Morgan fingerprint density at radius 2 is 2.06 bits per heavy atom. The van der Waals surface area contributed by atoms with Crippen molar-refractivity contribution in [2.24, 2.45) is 17.8 Å². The Kier molecular flexibility index (Phi) is 10.3. The fraction of sp³-hybridized carbons (Fsp3) is 0.577. The average Bonchev–Trinajstić information content (AvgIpc) is 3.57. The molecule has 7 heteroatoms. The second-order valence-electron chi connectivity index (χ2n) is 9.18. The van der Waals surface area contributed by atoms with Crippen LogP contribution in [0.5, 0.6) is 5.75 Å². The van der Waals surface area contributed by atoms with E-state index in [4.69, 9.17) is 16.3 Å². The van der Waals surface area contributed by atoms with Gasteiger partial charge in [0, 0.05) is 30.3 Å². The maximum Gasteiger partial charge on any atom is 0.220 e. The van der Waals surface area contributed by atoms with E-state index in [1.807, 2.05) is 12.2 Å². The lowest BCUT2D eigenvalue weighted by Gasteiger charge is -2.19. The van der Waals surface area contributed by atoms with E-state index in [1.165, 1.54) is 12.8 Å². The molecule has 1 amide bonds. The van der Waals surface area contributed by atoms with Gasteiger partial charge in [0.1, 0.15) is 18.5 Å². The highest BCUT2D eigenvalue weighted by atomic mass is 35.5. The van der Waals surface area contributed by atoms with Crippen LogP contribution >= 0.6 is 11.6 Å². The normalized spacial score (nSPS) is 26.2. The summed E-state index contributed by atoms with van der Waals surface area (Å²) in [6, 6.07) is 6.97. The van der Waals surface area contributed by atoms with E-state index < -0.39 is 18.3 Å². The van der Waals surface area contributed by atoms with E-state index in [0.717, 1.165) is 19.4 Å². The maximum absolute atomic E-state index is 11.8. The topological polar surface area (TPSA) is 99.0 Å². The van der Waals surface area contributed by atoms with Crippen molar-refractivity contribution in [2.45, 2.75) is 63.3 Å². The summed E-state index contributed by atoms with van der Waals surface area (Å²) in [5.74, 6) is 1.04. The molecule has 0 spiro atoms. The van der Waals surface area contributed by atoms with E-state index in [9.17, 15) is 20.1 Å². The lowest BCUT2D eigenvalue weighted by atomic mass is 9.89. The number of carbonyl (C=O) groups is 1. The molecule has 0 unspecified atom stereocenters. The number of aliphatic hydroxyl groups excluding tert-OH is 3. The van der Waals surface area contributed by atoms with Gasteiger partial charge in [-0.2, -0.15) is 0 Å². The number of benzene rings is 1. The fourth-order valence-electron chi connectivity index (χ4n) is 4.18. The van der Waals surface area contributed by atoms with E-state index in [-0.39, 0.29) is 24.3 Å². The van der Waals surface area contributed by atoms with Crippen molar-refractivity contribution in [3.8, 4) is 5.75 Å². The number of unbranched alkanes of at least 4 members (excludes halogenated alkanes) is 1. The Bertz CT molecular complexity index is 810. The van der Waals surface area contributed by atoms with Crippen molar-refractivity contribution in [3.63, 3.8) is 0 Å². The van der Waals surface area contributed by atoms with Gasteiger partial charge in [-0.1, -0.05) is 42.0 Å². The first-order valence-corrected chi connectivity index (χ1v) is 12.3. The second kappa shape index (κ2) is 13.1. The zero-order valence-corrected chi connectivity index (χ0v) is 19.7. The van der Waals surface area contributed by atoms with Gasteiger partial charge < -0.3 is 25.4 Å². The molecule has 2 fully saturated rings. The van der Waals surface area contributed by atoms with Crippen LogP contribution in [0.15, 0.2) is 48.6 Å². The molecule has 33 heavy (non-hydrogen) atoms. The Morgan fingerprint density at radius 1 is 1.24 bits per heavy atom. The molecular weight excluding hydrogens is 442 g/mol. The minimum atomic E-state index is -0.837. The van der Waals surface area contributed by atoms with Gasteiger partial charge in [-0.05, 0) is 62.1 Å². The summed E-state index contributed by atoms with van der Waals surface area (Å²) in [6.45, 7) is 0.883. The first-order valence-electron chi connectivity index (χ1n) is 11.9. The Labute approximate surface area is 201 Å². The van der Waals surface area contributed by atoms with Gasteiger partial charge in [0.15, 0.2) is 0 Å². The van der Waals surface area contributed by atoms with Gasteiger partial charge >= 0.3 is 0 Å². The summed E-state index contributed by atoms with van der Waals surface area (Å²) in [5, 5.41) is 34.5. The highest BCUT2D eigenvalue weighted by Gasteiger charge is 2.39. The summed E-state index contributed by atoms with van der Waals surface area (Å²) < 4.78 is 5.55. The quantitative estimate of drug-likeness (QED) is 0.257. The molecule has 0 saturated heterocycles. The highest BCUT2D eigenvalue weighted by molar-refractivity contribution is 6.30. The van der Waals surface area contributed by atoms with E-state index >= 15 is 0 Å². The molecule has 6 nitrogen and oxygen atoms in total. The largest absolute Gasteiger partial charge is 0.491 e. The summed E-state index contributed by atoms with van der Waals surface area (Å²) in [4.78, 5) is 11.8. The average molecular weight is 478 g/mol. The summed E-state index contributed by atoms with van der Waals surface area (Å²) in [6.07, 6.45) is 11.0. The van der Waals surface area contributed by atoms with Crippen LogP contribution in [0.3, 0.4) is 0 Å². The predicted octanol–water partition coefficient (Wildman–Crippen LogP) is 3.64. The molecule has 1 aromatic carbocycles. The number of nitrogens with one attached hydrogen (secondary N) is 1. The van der Waals surface area contributed by atoms with Crippen LogP contribution in [0.1, 0.15) is 44.9 Å². The summed E-state index contributed by atoms with van der Waals surface area (Å²) in [7, 11) is 0. The molecule has 4 N–H and O–H groups in total. The molecule has 182 valence electrons.